The predicted molar refractivity (Wildman–Crippen MR) is 127 cm³/mol. The van der Waals surface area contributed by atoms with Crippen LogP contribution in [0.2, 0.25) is 5.02 Å². The summed E-state index contributed by atoms with van der Waals surface area (Å²) in [6, 6.07) is 23.7. The zero-order valence-electron chi connectivity index (χ0n) is 17.7. The van der Waals surface area contributed by atoms with Gasteiger partial charge in [-0.05, 0) is 60.5 Å². The van der Waals surface area contributed by atoms with Gasteiger partial charge in [0.1, 0.15) is 29.7 Å². The van der Waals surface area contributed by atoms with Gasteiger partial charge in [0, 0.05) is 16.3 Å². The highest BCUT2D eigenvalue weighted by molar-refractivity contribution is 6.30. The summed E-state index contributed by atoms with van der Waals surface area (Å²) in [6.07, 6.45) is 2.40. The van der Waals surface area contributed by atoms with Crippen molar-refractivity contribution >= 4 is 29.3 Å². The highest BCUT2D eigenvalue weighted by Crippen LogP contribution is 2.22. The van der Waals surface area contributed by atoms with Gasteiger partial charge in [0.2, 0.25) is 0 Å². The Morgan fingerprint density at radius 1 is 1.03 bits per heavy atom. The largest absolute Gasteiger partial charge is 0.493 e. The summed E-state index contributed by atoms with van der Waals surface area (Å²) in [4.78, 5) is 12.6. The molecule has 162 valence electrons. The zero-order valence-corrected chi connectivity index (χ0v) is 18.4. The van der Waals surface area contributed by atoms with Crippen molar-refractivity contribution in [2.45, 2.75) is 20.0 Å². The fourth-order valence-corrected chi connectivity index (χ4v) is 2.95. The molecule has 0 aliphatic heterocycles. The van der Waals surface area contributed by atoms with E-state index in [0.717, 1.165) is 12.0 Å². The molecule has 0 bridgehead atoms. The van der Waals surface area contributed by atoms with Crippen LogP contribution in [-0.2, 0) is 11.4 Å². The molecule has 0 heterocycles. The number of nitrogens with zero attached hydrogens (tertiary/aromatic N) is 1. The lowest BCUT2D eigenvalue weighted by molar-refractivity contribution is -0.112. The molecule has 0 aliphatic rings. The molecule has 5 nitrogen and oxygen atoms in total. The van der Waals surface area contributed by atoms with E-state index in [9.17, 15) is 10.1 Å². The van der Waals surface area contributed by atoms with Gasteiger partial charge in [0.05, 0.1) is 6.61 Å². The van der Waals surface area contributed by atoms with Gasteiger partial charge < -0.3 is 14.8 Å². The van der Waals surface area contributed by atoms with E-state index in [-0.39, 0.29) is 5.57 Å². The van der Waals surface area contributed by atoms with E-state index in [1.807, 2.05) is 61.5 Å². The first-order chi connectivity index (χ1) is 15.6. The standard InChI is InChI=1S/C26H23ClN2O3/c1-2-15-31-25-6-4-3-5-20(25)16-21(17-28)26(30)29-23-11-13-24(14-12-23)32-18-19-7-9-22(27)10-8-19/h3-14,16H,2,15,18H2,1H3,(H,29,30)/b21-16+. The lowest BCUT2D eigenvalue weighted by Gasteiger charge is -2.10. The quantitative estimate of drug-likeness (QED) is 0.311. The average Bonchev–Trinajstić information content (AvgIpc) is 2.82. The second-order valence-electron chi connectivity index (χ2n) is 6.95. The Balaban J connectivity index is 1.63. The first kappa shape index (κ1) is 22.9. The number of carbonyl (C=O) groups excluding carboxylic acids is 1. The van der Waals surface area contributed by atoms with Gasteiger partial charge >= 0.3 is 0 Å². The van der Waals surface area contributed by atoms with E-state index < -0.39 is 5.91 Å². The van der Waals surface area contributed by atoms with Gasteiger partial charge in [-0.2, -0.15) is 5.26 Å². The van der Waals surface area contributed by atoms with Gasteiger partial charge in [0.15, 0.2) is 0 Å². The molecule has 3 aromatic rings. The Hall–Kier alpha value is -3.75. The highest BCUT2D eigenvalue weighted by atomic mass is 35.5. The van der Waals surface area contributed by atoms with E-state index in [0.29, 0.717) is 41.0 Å². The number of carbonyl (C=O) groups is 1. The third-order valence-corrected chi connectivity index (χ3v) is 4.73. The Labute approximate surface area is 192 Å². The summed E-state index contributed by atoms with van der Waals surface area (Å²) in [5.74, 6) is 0.806. The Morgan fingerprint density at radius 2 is 1.75 bits per heavy atom. The Kier molecular flexibility index (Phi) is 8.30. The van der Waals surface area contributed by atoms with Crippen molar-refractivity contribution in [1.82, 2.24) is 0 Å². The maximum atomic E-state index is 12.6. The van der Waals surface area contributed by atoms with Crippen LogP contribution in [0, 0.1) is 11.3 Å². The Morgan fingerprint density at radius 3 is 2.44 bits per heavy atom. The van der Waals surface area contributed by atoms with E-state index in [2.05, 4.69) is 5.32 Å². The van der Waals surface area contributed by atoms with Crippen molar-refractivity contribution in [2.24, 2.45) is 0 Å². The van der Waals surface area contributed by atoms with E-state index in [1.165, 1.54) is 6.08 Å². The van der Waals surface area contributed by atoms with Crippen LogP contribution in [0.3, 0.4) is 0 Å². The number of ether oxygens (including phenoxy) is 2. The number of anilines is 1. The van der Waals surface area contributed by atoms with Crippen LogP contribution in [0.15, 0.2) is 78.4 Å². The summed E-state index contributed by atoms with van der Waals surface area (Å²) in [5.41, 5.74) is 2.23. The van der Waals surface area contributed by atoms with Gasteiger partial charge in [-0.1, -0.05) is 48.9 Å². The van der Waals surface area contributed by atoms with Crippen molar-refractivity contribution in [3.63, 3.8) is 0 Å². The SMILES string of the molecule is CCCOc1ccccc1/C=C(\C#N)C(=O)Nc1ccc(OCc2ccc(Cl)cc2)cc1. The van der Waals surface area contributed by atoms with Crippen LogP contribution in [0.1, 0.15) is 24.5 Å². The average molecular weight is 447 g/mol. The van der Waals surface area contributed by atoms with E-state index in [1.54, 1.807) is 24.3 Å². The zero-order chi connectivity index (χ0) is 22.8. The van der Waals surface area contributed by atoms with Gasteiger partial charge in [-0.15, -0.1) is 0 Å². The number of hydrogen-bond donors (Lipinski definition) is 1. The molecule has 32 heavy (non-hydrogen) atoms. The molecule has 0 radical (unpaired) electrons. The summed E-state index contributed by atoms with van der Waals surface area (Å²) in [7, 11) is 0. The molecule has 0 unspecified atom stereocenters. The molecule has 0 fully saturated rings. The Bertz CT molecular complexity index is 1120. The van der Waals surface area contributed by atoms with Crippen LogP contribution in [-0.4, -0.2) is 12.5 Å². The van der Waals surface area contributed by atoms with Crippen LogP contribution in [0.25, 0.3) is 6.08 Å². The van der Waals surface area contributed by atoms with Crippen LogP contribution in [0.4, 0.5) is 5.69 Å². The fourth-order valence-electron chi connectivity index (χ4n) is 2.83. The highest BCUT2D eigenvalue weighted by Gasteiger charge is 2.11. The topological polar surface area (TPSA) is 71.3 Å². The molecule has 0 saturated carbocycles. The molecule has 1 amide bonds. The molecule has 3 rings (SSSR count). The molecule has 0 spiro atoms. The normalized spacial score (nSPS) is 10.8. The number of nitrogens with one attached hydrogen (secondary N) is 1. The summed E-state index contributed by atoms with van der Waals surface area (Å²) >= 11 is 5.89. The number of benzene rings is 3. The third kappa shape index (κ3) is 6.63. The lowest BCUT2D eigenvalue weighted by atomic mass is 10.1. The molecule has 3 aromatic carbocycles. The van der Waals surface area contributed by atoms with Gasteiger partial charge in [-0.3, -0.25) is 4.79 Å². The van der Waals surface area contributed by atoms with Crippen LogP contribution in [0.5, 0.6) is 11.5 Å². The maximum Gasteiger partial charge on any atom is 0.266 e. The summed E-state index contributed by atoms with van der Waals surface area (Å²) in [5, 5.41) is 12.9. The molecule has 0 saturated heterocycles. The van der Waals surface area contributed by atoms with Crippen LogP contribution >= 0.6 is 11.6 Å². The fraction of sp³-hybridized carbons (Fsp3) is 0.154. The monoisotopic (exact) mass is 446 g/mol. The minimum absolute atomic E-state index is 0.0133. The van der Waals surface area contributed by atoms with Crippen molar-refractivity contribution in [3.8, 4) is 17.6 Å². The van der Waals surface area contributed by atoms with Gasteiger partial charge in [0.25, 0.3) is 5.91 Å². The van der Waals surface area contributed by atoms with Crippen molar-refractivity contribution < 1.29 is 14.3 Å². The minimum atomic E-state index is -0.493. The van der Waals surface area contributed by atoms with Crippen molar-refractivity contribution in [3.05, 3.63) is 94.5 Å². The van der Waals surface area contributed by atoms with Crippen LogP contribution < -0.4 is 14.8 Å². The number of para-hydroxylation sites is 1. The number of amides is 1. The number of halogens is 1. The second kappa shape index (κ2) is 11.6. The number of nitriles is 1. The summed E-state index contributed by atoms with van der Waals surface area (Å²) in [6.45, 7) is 2.98. The smallest absolute Gasteiger partial charge is 0.266 e. The van der Waals surface area contributed by atoms with Crippen molar-refractivity contribution in [2.75, 3.05) is 11.9 Å². The number of hydrogen-bond acceptors (Lipinski definition) is 4. The third-order valence-electron chi connectivity index (χ3n) is 4.48. The molecular weight excluding hydrogens is 424 g/mol. The predicted octanol–water partition coefficient (Wildman–Crippen LogP) is 6.25. The molecular formula is C26H23ClN2O3. The molecule has 0 atom stereocenters. The molecule has 1 N–H and O–H groups in total. The molecule has 6 heteroatoms. The second-order valence-corrected chi connectivity index (χ2v) is 7.39. The van der Waals surface area contributed by atoms with Crippen molar-refractivity contribution in [1.29, 1.82) is 5.26 Å². The minimum Gasteiger partial charge on any atom is -0.493 e. The van der Waals surface area contributed by atoms with E-state index in [4.69, 9.17) is 21.1 Å². The summed E-state index contributed by atoms with van der Waals surface area (Å²) < 4.78 is 11.4. The van der Waals surface area contributed by atoms with E-state index >= 15 is 0 Å². The first-order valence-electron chi connectivity index (χ1n) is 10.2. The first-order valence-corrected chi connectivity index (χ1v) is 10.6. The maximum absolute atomic E-state index is 12.6. The molecule has 0 aliphatic carbocycles. The van der Waals surface area contributed by atoms with Gasteiger partial charge in [-0.25, -0.2) is 0 Å². The molecule has 0 aromatic heterocycles. The lowest BCUT2D eigenvalue weighted by Crippen LogP contribution is -2.13. The number of rotatable bonds is 9.